The lowest BCUT2D eigenvalue weighted by atomic mass is 10.2. The Bertz CT molecular complexity index is 140. The average Bonchev–Trinajstić information content (AvgIpc) is 2.51. The lowest BCUT2D eigenvalue weighted by molar-refractivity contribution is 0.0222. The number of aliphatic hydroxyl groups is 2. The maximum absolute atomic E-state index is 8.26. The van der Waals surface area contributed by atoms with Crippen LogP contribution in [0.3, 0.4) is 0 Å². The van der Waals surface area contributed by atoms with Gasteiger partial charge in [0.15, 0.2) is 0 Å². The highest BCUT2D eigenvalue weighted by molar-refractivity contribution is 4.39. The summed E-state index contributed by atoms with van der Waals surface area (Å²) in [6, 6.07) is 0. The van der Waals surface area contributed by atoms with Gasteiger partial charge in [0.25, 0.3) is 0 Å². The van der Waals surface area contributed by atoms with Gasteiger partial charge in [0.2, 0.25) is 0 Å². The highest BCUT2D eigenvalue weighted by atomic mass is 16.5. The molecule has 0 heterocycles. The van der Waals surface area contributed by atoms with Crippen LogP contribution in [-0.4, -0.2) is 63.1 Å². The normalized spacial score (nSPS) is 10.3. The number of rotatable bonds is 15. The fourth-order valence-corrected chi connectivity index (χ4v) is 1.43. The van der Waals surface area contributed by atoms with Crippen LogP contribution >= 0.6 is 0 Å². The monoisotopic (exact) mass is 308 g/mol. The third-order valence-corrected chi connectivity index (χ3v) is 2.63. The molecule has 0 aliphatic rings. The highest BCUT2D eigenvalue weighted by Crippen LogP contribution is 1.99. The zero-order valence-electron chi connectivity index (χ0n) is 14.0. The Morgan fingerprint density at radius 2 is 1.00 bits per heavy atom. The summed E-state index contributed by atoms with van der Waals surface area (Å²) in [5.74, 6) is 0. The topological polar surface area (TPSA) is 68.2 Å². The summed E-state index contributed by atoms with van der Waals surface area (Å²) < 4.78 is 15.2. The molecule has 0 atom stereocenters. The maximum Gasteiger partial charge on any atom is 0.0701 e. The Morgan fingerprint density at radius 3 is 1.48 bits per heavy atom. The zero-order valence-corrected chi connectivity index (χ0v) is 14.0. The molecule has 0 amide bonds. The van der Waals surface area contributed by atoms with Crippen LogP contribution in [0.1, 0.15) is 52.4 Å². The molecule has 0 saturated heterocycles. The molecule has 21 heavy (non-hydrogen) atoms. The lowest BCUT2D eigenvalue weighted by Gasteiger charge is -2.01. The van der Waals surface area contributed by atoms with Crippen molar-refractivity contribution in [1.82, 2.24) is 0 Å². The van der Waals surface area contributed by atoms with Gasteiger partial charge in [-0.1, -0.05) is 39.5 Å². The standard InChI is InChI=1S/C10H22O.C6H14O4/c1-3-5-7-8-10-11-9-6-4-2;7-1-3-9-5-6-10-4-2-8/h3-10H2,1-2H3;7-8H,1-6H2. The van der Waals surface area contributed by atoms with E-state index in [4.69, 9.17) is 24.4 Å². The van der Waals surface area contributed by atoms with Crippen molar-refractivity contribution in [3.8, 4) is 0 Å². The summed E-state index contributed by atoms with van der Waals surface area (Å²) >= 11 is 0. The van der Waals surface area contributed by atoms with Crippen LogP contribution in [0, 0.1) is 0 Å². The molecule has 0 spiro atoms. The Morgan fingerprint density at radius 1 is 0.524 bits per heavy atom. The predicted octanol–water partition coefficient (Wildman–Crippen LogP) is 2.39. The molecule has 5 nitrogen and oxygen atoms in total. The van der Waals surface area contributed by atoms with E-state index in [0.717, 1.165) is 13.2 Å². The van der Waals surface area contributed by atoms with Crippen molar-refractivity contribution in [2.75, 3.05) is 52.9 Å². The van der Waals surface area contributed by atoms with Crippen LogP contribution in [0.15, 0.2) is 0 Å². The number of ether oxygens (including phenoxy) is 3. The van der Waals surface area contributed by atoms with E-state index in [-0.39, 0.29) is 13.2 Å². The van der Waals surface area contributed by atoms with Gasteiger partial charge >= 0.3 is 0 Å². The van der Waals surface area contributed by atoms with Crippen LogP contribution < -0.4 is 0 Å². The first kappa shape index (κ1) is 23.1. The molecule has 0 aromatic carbocycles. The van der Waals surface area contributed by atoms with Gasteiger partial charge in [-0.3, -0.25) is 0 Å². The van der Waals surface area contributed by atoms with Crippen molar-refractivity contribution in [1.29, 1.82) is 0 Å². The fraction of sp³-hybridized carbons (Fsp3) is 1.00. The molecular formula is C16H36O5. The van der Waals surface area contributed by atoms with Gasteiger partial charge in [0.1, 0.15) is 0 Å². The molecule has 0 rings (SSSR count). The molecule has 0 unspecified atom stereocenters. The molecule has 0 bridgehead atoms. The highest BCUT2D eigenvalue weighted by Gasteiger charge is 1.88. The zero-order chi connectivity index (χ0) is 16.0. The van der Waals surface area contributed by atoms with E-state index in [1.807, 2.05) is 0 Å². The van der Waals surface area contributed by atoms with Gasteiger partial charge in [0, 0.05) is 13.2 Å². The van der Waals surface area contributed by atoms with Crippen LogP contribution in [0.4, 0.5) is 0 Å². The van der Waals surface area contributed by atoms with E-state index in [1.165, 1.54) is 38.5 Å². The van der Waals surface area contributed by atoms with Gasteiger partial charge in [0.05, 0.1) is 39.6 Å². The first-order valence-electron chi connectivity index (χ1n) is 8.28. The Labute approximate surface area is 130 Å². The van der Waals surface area contributed by atoms with Gasteiger partial charge < -0.3 is 24.4 Å². The summed E-state index contributed by atoms with van der Waals surface area (Å²) in [5.41, 5.74) is 0. The number of hydrogen-bond acceptors (Lipinski definition) is 5. The second-order valence-corrected chi connectivity index (χ2v) is 4.70. The largest absolute Gasteiger partial charge is 0.394 e. The first-order chi connectivity index (χ1) is 10.3. The molecule has 0 fully saturated rings. The molecule has 0 aliphatic carbocycles. The number of aliphatic hydroxyl groups excluding tert-OH is 2. The van der Waals surface area contributed by atoms with E-state index in [2.05, 4.69) is 13.8 Å². The van der Waals surface area contributed by atoms with Crippen molar-refractivity contribution >= 4 is 0 Å². The molecule has 5 heteroatoms. The third kappa shape index (κ3) is 28.6. The molecule has 0 aromatic rings. The molecule has 0 saturated carbocycles. The summed E-state index contributed by atoms with van der Waals surface area (Å²) in [4.78, 5) is 0. The number of hydrogen-bond donors (Lipinski definition) is 2. The quantitative estimate of drug-likeness (QED) is 0.455. The van der Waals surface area contributed by atoms with Crippen molar-refractivity contribution in [3.63, 3.8) is 0 Å². The van der Waals surface area contributed by atoms with Crippen molar-refractivity contribution in [2.45, 2.75) is 52.4 Å². The SMILES string of the molecule is CCCCCCOCCCC.OCCOCCOCCO. The van der Waals surface area contributed by atoms with Crippen molar-refractivity contribution in [2.24, 2.45) is 0 Å². The Balaban J connectivity index is 0. The van der Waals surface area contributed by atoms with E-state index in [1.54, 1.807) is 0 Å². The minimum absolute atomic E-state index is 0.0417. The molecule has 0 radical (unpaired) electrons. The predicted molar refractivity (Wildman–Crippen MR) is 85.7 cm³/mol. The average molecular weight is 308 g/mol. The van der Waals surface area contributed by atoms with Crippen LogP contribution in [0.2, 0.25) is 0 Å². The van der Waals surface area contributed by atoms with Crippen LogP contribution in [0.5, 0.6) is 0 Å². The van der Waals surface area contributed by atoms with Gasteiger partial charge in [-0.05, 0) is 12.8 Å². The molecule has 0 aliphatic heterocycles. The fourth-order valence-electron chi connectivity index (χ4n) is 1.43. The summed E-state index contributed by atoms with van der Waals surface area (Å²) in [5, 5.41) is 16.5. The number of unbranched alkanes of at least 4 members (excludes halogenated alkanes) is 4. The summed E-state index contributed by atoms with van der Waals surface area (Å²) in [7, 11) is 0. The molecule has 130 valence electrons. The minimum atomic E-state index is 0.0417. The van der Waals surface area contributed by atoms with Gasteiger partial charge in [-0.2, -0.15) is 0 Å². The Hall–Kier alpha value is -0.200. The van der Waals surface area contributed by atoms with Gasteiger partial charge in [-0.15, -0.1) is 0 Å². The second-order valence-electron chi connectivity index (χ2n) is 4.70. The minimum Gasteiger partial charge on any atom is -0.394 e. The van der Waals surface area contributed by atoms with Gasteiger partial charge in [-0.25, -0.2) is 0 Å². The second kappa shape index (κ2) is 24.8. The van der Waals surface area contributed by atoms with E-state index in [9.17, 15) is 0 Å². The summed E-state index contributed by atoms with van der Waals surface area (Å²) in [6.07, 6.45) is 7.72. The molecule has 0 aromatic heterocycles. The lowest BCUT2D eigenvalue weighted by Crippen LogP contribution is -2.09. The maximum atomic E-state index is 8.26. The van der Waals surface area contributed by atoms with E-state index < -0.39 is 0 Å². The third-order valence-electron chi connectivity index (χ3n) is 2.63. The molecule has 2 N–H and O–H groups in total. The first-order valence-corrected chi connectivity index (χ1v) is 8.28. The van der Waals surface area contributed by atoms with Crippen molar-refractivity contribution in [3.05, 3.63) is 0 Å². The molecular weight excluding hydrogens is 272 g/mol. The summed E-state index contributed by atoms with van der Waals surface area (Å²) in [6.45, 7) is 8.09. The van der Waals surface area contributed by atoms with E-state index in [0.29, 0.717) is 26.4 Å². The Kier molecular flexibility index (Phi) is 27.2. The smallest absolute Gasteiger partial charge is 0.0701 e. The van der Waals surface area contributed by atoms with E-state index >= 15 is 0 Å². The van der Waals surface area contributed by atoms with Crippen molar-refractivity contribution < 1.29 is 24.4 Å². The van der Waals surface area contributed by atoms with Crippen LogP contribution in [-0.2, 0) is 14.2 Å². The van der Waals surface area contributed by atoms with Crippen LogP contribution in [0.25, 0.3) is 0 Å².